The zero-order chi connectivity index (χ0) is 29.9. The monoisotopic (exact) mass is 676 g/mol. The number of carboxylic acid groups (broad SMARTS) is 2. The third-order valence-electron chi connectivity index (χ3n) is 6.32. The van der Waals surface area contributed by atoms with Gasteiger partial charge in [-0.25, -0.2) is 22.3 Å². The van der Waals surface area contributed by atoms with Gasteiger partial charge in [-0.15, -0.1) is 11.3 Å². The Kier molecular flexibility index (Phi) is 9.31. The predicted octanol–water partition coefficient (Wildman–Crippen LogP) is 5.76. The predicted molar refractivity (Wildman–Crippen MR) is 150 cm³/mol. The first kappa shape index (κ1) is 30.8. The number of anilines is 1. The van der Waals surface area contributed by atoms with Crippen molar-refractivity contribution in [3.63, 3.8) is 0 Å². The molecule has 4 rings (SSSR count). The molecule has 220 valence electrons. The summed E-state index contributed by atoms with van der Waals surface area (Å²) in [5.41, 5.74) is 0.822. The molecule has 1 fully saturated rings. The minimum absolute atomic E-state index is 0.0569. The number of benzene rings is 2. The number of halogens is 4. The average molecular weight is 678 g/mol. The maximum atomic E-state index is 12.9. The Bertz CT molecular complexity index is 1540. The molecule has 9 nitrogen and oxygen atoms in total. The molecular weight excluding hydrogens is 653 g/mol. The van der Waals surface area contributed by atoms with Crippen LogP contribution < -0.4 is 10.1 Å². The van der Waals surface area contributed by atoms with Crippen molar-refractivity contribution in [3.05, 3.63) is 69.0 Å². The number of carboxylic acids is 2. The van der Waals surface area contributed by atoms with Gasteiger partial charge in [-0.05, 0) is 64.2 Å². The van der Waals surface area contributed by atoms with Gasteiger partial charge >= 0.3 is 18.1 Å². The number of sulfonamides is 1. The van der Waals surface area contributed by atoms with Crippen LogP contribution in [0, 0.1) is 0 Å². The minimum atomic E-state index is -4.49. The molecule has 0 saturated carbocycles. The summed E-state index contributed by atoms with van der Waals surface area (Å²) in [6.07, 6.45) is -3.50. The largest absolute Gasteiger partial charge is 0.479 e. The van der Waals surface area contributed by atoms with Crippen LogP contribution in [0.15, 0.2) is 53.0 Å². The zero-order valence-electron chi connectivity index (χ0n) is 21.2. The highest BCUT2D eigenvalue weighted by molar-refractivity contribution is 9.10. The van der Waals surface area contributed by atoms with Crippen LogP contribution >= 0.6 is 27.3 Å². The van der Waals surface area contributed by atoms with E-state index in [0.29, 0.717) is 27.8 Å². The number of piperidine rings is 1. The van der Waals surface area contributed by atoms with Crippen LogP contribution in [-0.4, -0.2) is 60.6 Å². The summed E-state index contributed by atoms with van der Waals surface area (Å²) in [6, 6.07) is 11.2. The number of rotatable bonds is 10. The van der Waals surface area contributed by atoms with E-state index in [9.17, 15) is 36.3 Å². The van der Waals surface area contributed by atoms with E-state index in [-0.39, 0.29) is 35.3 Å². The van der Waals surface area contributed by atoms with Crippen molar-refractivity contribution < 1.29 is 46.1 Å². The van der Waals surface area contributed by atoms with Crippen LogP contribution in [0.3, 0.4) is 0 Å². The number of aromatic carboxylic acids is 1. The van der Waals surface area contributed by atoms with Crippen LogP contribution in [0.25, 0.3) is 10.4 Å². The van der Waals surface area contributed by atoms with Gasteiger partial charge in [0.2, 0.25) is 10.0 Å². The molecule has 0 bridgehead atoms. The normalized spacial score (nSPS) is 15.0. The van der Waals surface area contributed by atoms with Crippen molar-refractivity contribution >= 4 is 54.9 Å². The first-order chi connectivity index (χ1) is 19.2. The van der Waals surface area contributed by atoms with Crippen molar-refractivity contribution in [2.75, 3.05) is 25.0 Å². The molecule has 41 heavy (non-hydrogen) atoms. The lowest BCUT2D eigenvalue weighted by molar-refractivity contribution is -0.139. The lowest BCUT2D eigenvalue weighted by Gasteiger charge is -2.32. The topological polar surface area (TPSA) is 133 Å². The molecule has 0 spiro atoms. The molecule has 3 N–H and O–H groups in total. The maximum Gasteiger partial charge on any atom is 0.416 e. The second kappa shape index (κ2) is 12.4. The molecule has 0 unspecified atom stereocenters. The second-order valence-electron chi connectivity index (χ2n) is 9.24. The Morgan fingerprint density at radius 1 is 1.10 bits per heavy atom. The molecule has 3 aromatic rings. The highest BCUT2D eigenvalue weighted by Crippen LogP contribution is 2.46. The van der Waals surface area contributed by atoms with E-state index in [0.717, 1.165) is 29.2 Å². The molecule has 1 aliphatic rings. The van der Waals surface area contributed by atoms with Gasteiger partial charge in [0.1, 0.15) is 0 Å². The molecular formula is C26H24BrF3N2O7S2. The molecule has 2 aromatic carbocycles. The first-order valence-electron chi connectivity index (χ1n) is 12.2. The summed E-state index contributed by atoms with van der Waals surface area (Å²) in [7, 11) is -3.72. The van der Waals surface area contributed by atoms with Crippen molar-refractivity contribution in [1.82, 2.24) is 4.31 Å². The Labute approximate surface area is 245 Å². The van der Waals surface area contributed by atoms with Gasteiger partial charge < -0.3 is 20.3 Å². The van der Waals surface area contributed by atoms with Crippen LogP contribution in [0.5, 0.6) is 5.75 Å². The van der Waals surface area contributed by atoms with Gasteiger partial charge in [-0.2, -0.15) is 13.2 Å². The summed E-state index contributed by atoms with van der Waals surface area (Å²) in [6.45, 7) is -0.221. The number of nitrogens with zero attached hydrogens (tertiary/aromatic N) is 1. The minimum Gasteiger partial charge on any atom is -0.479 e. The van der Waals surface area contributed by atoms with E-state index in [4.69, 9.17) is 9.84 Å². The van der Waals surface area contributed by atoms with E-state index in [1.54, 1.807) is 18.2 Å². The van der Waals surface area contributed by atoms with Gasteiger partial charge in [0.25, 0.3) is 0 Å². The van der Waals surface area contributed by atoms with Crippen LogP contribution in [-0.2, 0) is 26.7 Å². The summed E-state index contributed by atoms with van der Waals surface area (Å²) in [5, 5.41) is 21.8. The molecule has 2 heterocycles. The van der Waals surface area contributed by atoms with Gasteiger partial charge in [0, 0.05) is 24.8 Å². The fourth-order valence-corrected chi connectivity index (χ4v) is 7.79. The third-order valence-corrected chi connectivity index (χ3v) is 10.4. The van der Waals surface area contributed by atoms with E-state index < -0.39 is 46.1 Å². The summed E-state index contributed by atoms with van der Waals surface area (Å²) >= 11 is 4.28. The highest BCUT2D eigenvalue weighted by Gasteiger charge is 2.31. The highest BCUT2D eigenvalue weighted by atomic mass is 79.9. The molecule has 1 saturated heterocycles. The lowest BCUT2D eigenvalue weighted by atomic mass is 10.1. The van der Waals surface area contributed by atoms with Crippen molar-refractivity contribution in [2.24, 2.45) is 0 Å². The smallest absolute Gasteiger partial charge is 0.416 e. The Balaban J connectivity index is 1.40. The fraction of sp³-hybridized carbons (Fsp3) is 0.308. The molecule has 1 aromatic heterocycles. The molecule has 0 radical (unpaired) electrons. The molecule has 0 atom stereocenters. The number of aliphatic carboxylic acids is 1. The molecule has 15 heteroatoms. The van der Waals surface area contributed by atoms with Crippen LogP contribution in [0.1, 0.15) is 33.6 Å². The van der Waals surface area contributed by atoms with Gasteiger partial charge in [0.15, 0.2) is 17.2 Å². The Morgan fingerprint density at radius 2 is 1.76 bits per heavy atom. The standard InChI is InChI=1S/C26H24BrF3N2O7S2/c27-21-22(39-13-20(33)34)24(25(35)36)40-23(21)16-2-1-3-19(12-16)31-18-8-10-32(11-9-18)41(37,38)14-15-4-6-17(7-5-15)26(28,29)30/h1-7,12,18,31H,8-11,13-14H2,(H,33,34)(H,35,36). The molecule has 0 amide bonds. The zero-order valence-corrected chi connectivity index (χ0v) is 24.4. The lowest BCUT2D eigenvalue weighted by Crippen LogP contribution is -2.42. The molecule has 1 aliphatic heterocycles. The average Bonchev–Trinajstić information content (AvgIpc) is 3.24. The van der Waals surface area contributed by atoms with E-state index in [1.807, 2.05) is 6.07 Å². The third kappa shape index (κ3) is 7.58. The first-order valence-corrected chi connectivity index (χ1v) is 15.4. The van der Waals surface area contributed by atoms with Crippen molar-refractivity contribution in [3.8, 4) is 16.2 Å². The maximum absolute atomic E-state index is 12.9. The second-order valence-corrected chi connectivity index (χ2v) is 13.0. The van der Waals surface area contributed by atoms with Crippen LogP contribution in [0.4, 0.5) is 18.9 Å². The van der Waals surface area contributed by atoms with Gasteiger partial charge in [-0.1, -0.05) is 24.3 Å². The number of hydrogen-bond acceptors (Lipinski definition) is 7. The van der Waals surface area contributed by atoms with Gasteiger partial charge in [-0.3, -0.25) is 0 Å². The van der Waals surface area contributed by atoms with E-state index in [1.165, 1.54) is 16.4 Å². The summed E-state index contributed by atoms with van der Waals surface area (Å²) < 4.78 is 71.0. The number of carbonyl (C=O) groups is 2. The van der Waals surface area contributed by atoms with E-state index >= 15 is 0 Å². The number of ether oxygens (including phenoxy) is 1. The number of hydrogen-bond donors (Lipinski definition) is 3. The van der Waals surface area contributed by atoms with Gasteiger partial charge in [0.05, 0.1) is 20.7 Å². The summed E-state index contributed by atoms with van der Waals surface area (Å²) in [5.74, 6) is -2.96. The quantitative estimate of drug-likeness (QED) is 0.247. The Hall–Kier alpha value is -3.14. The fourth-order valence-electron chi connectivity index (χ4n) is 4.34. The number of alkyl halides is 3. The number of thiophene rings is 1. The van der Waals surface area contributed by atoms with Crippen molar-refractivity contribution in [2.45, 2.75) is 30.8 Å². The Morgan fingerprint density at radius 3 is 2.34 bits per heavy atom. The van der Waals surface area contributed by atoms with Crippen LogP contribution in [0.2, 0.25) is 0 Å². The molecule has 0 aliphatic carbocycles. The van der Waals surface area contributed by atoms with E-state index in [2.05, 4.69) is 21.2 Å². The summed E-state index contributed by atoms with van der Waals surface area (Å²) in [4.78, 5) is 23.0. The van der Waals surface area contributed by atoms with Crippen molar-refractivity contribution in [1.29, 1.82) is 0 Å². The SMILES string of the molecule is O=C(O)COc1c(C(=O)O)sc(-c2cccc(NC3CCN(S(=O)(=O)Cc4ccc(C(F)(F)F)cc4)CC3)c2)c1Br. The number of nitrogens with one attached hydrogen (secondary N) is 1.